The Balaban J connectivity index is 2.14. The van der Waals surface area contributed by atoms with Crippen LogP contribution in [0, 0.1) is 0 Å². The van der Waals surface area contributed by atoms with Crippen molar-refractivity contribution in [1.29, 1.82) is 0 Å². The number of methoxy groups -OCH3 is 1. The van der Waals surface area contributed by atoms with E-state index in [1.54, 1.807) is 13.3 Å². The minimum Gasteiger partial charge on any atom is -0.488 e. The van der Waals surface area contributed by atoms with Crippen molar-refractivity contribution in [3.8, 4) is 11.6 Å². The maximum Gasteiger partial charge on any atom is 0.219 e. The number of pyridine rings is 1. The highest BCUT2D eigenvalue weighted by atomic mass is 79.9. The lowest BCUT2D eigenvalue weighted by Gasteiger charge is -2.12. The number of hydrogen-bond donors (Lipinski definition) is 1. The Hall–Kier alpha value is -1.59. The van der Waals surface area contributed by atoms with Gasteiger partial charge in [-0.05, 0) is 30.3 Å². The minimum absolute atomic E-state index is 0.394. The smallest absolute Gasteiger partial charge is 0.219 e. The molecule has 2 rings (SSSR count). The summed E-state index contributed by atoms with van der Waals surface area (Å²) in [6.45, 7) is 0.824. The van der Waals surface area contributed by atoms with Gasteiger partial charge in [0.25, 0.3) is 0 Å². The van der Waals surface area contributed by atoms with Gasteiger partial charge in [-0.25, -0.2) is 4.98 Å². The molecule has 0 aliphatic carbocycles. The number of aromatic nitrogens is 1. The summed E-state index contributed by atoms with van der Waals surface area (Å²) in [7, 11) is 1.59. The molecule has 0 aliphatic heterocycles. The molecule has 0 saturated heterocycles. The zero-order chi connectivity index (χ0) is 13.7. The Kier molecular flexibility index (Phi) is 4.76. The molecule has 0 amide bonds. The number of hydrogen-bond acceptors (Lipinski definition) is 4. The van der Waals surface area contributed by atoms with Crippen molar-refractivity contribution in [3.05, 3.63) is 52.1 Å². The highest BCUT2D eigenvalue weighted by Crippen LogP contribution is 2.24. The Morgan fingerprint density at radius 2 is 2.11 bits per heavy atom. The summed E-state index contributed by atoms with van der Waals surface area (Å²) >= 11 is 3.41. The molecule has 0 saturated carbocycles. The fourth-order valence-corrected chi connectivity index (χ4v) is 2.13. The number of rotatable bonds is 5. The van der Waals surface area contributed by atoms with E-state index in [1.165, 1.54) is 0 Å². The average molecular weight is 323 g/mol. The first-order valence-corrected chi connectivity index (χ1v) is 6.63. The van der Waals surface area contributed by atoms with Gasteiger partial charge < -0.3 is 15.2 Å². The fraction of sp³-hybridized carbons (Fsp3) is 0.214. The second kappa shape index (κ2) is 6.54. The predicted molar refractivity (Wildman–Crippen MR) is 77.2 cm³/mol. The van der Waals surface area contributed by atoms with Crippen LogP contribution in [0.1, 0.15) is 11.1 Å². The molecule has 0 bridgehead atoms. The van der Waals surface area contributed by atoms with E-state index in [2.05, 4.69) is 20.9 Å². The summed E-state index contributed by atoms with van der Waals surface area (Å²) in [5, 5.41) is 0. The molecule has 4 nitrogen and oxygen atoms in total. The Morgan fingerprint density at radius 3 is 2.84 bits per heavy atom. The van der Waals surface area contributed by atoms with Crippen LogP contribution in [0.4, 0.5) is 0 Å². The average Bonchev–Trinajstić information content (AvgIpc) is 2.46. The lowest BCUT2D eigenvalue weighted by atomic mass is 10.2. The van der Waals surface area contributed by atoms with Crippen molar-refractivity contribution in [2.24, 2.45) is 5.73 Å². The van der Waals surface area contributed by atoms with Crippen LogP contribution in [-0.2, 0) is 13.2 Å². The first kappa shape index (κ1) is 13.8. The van der Waals surface area contributed by atoms with E-state index in [4.69, 9.17) is 15.2 Å². The molecule has 2 N–H and O–H groups in total. The number of nitrogens with two attached hydrogens (primary N) is 1. The largest absolute Gasteiger partial charge is 0.488 e. The van der Waals surface area contributed by atoms with Crippen LogP contribution >= 0.6 is 15.9 Å². The Bertz CT molecular complexity index is 561. The third kappa shape index (κ3) is 3.45. The van der Waals surface area contributed by atoms with Gasteiger partial charge in [0, 0.05) is 22.8 Å². The van der Waals surface area contributed by atoms with Gasteiger partial charge in [0.15, 0.2) is 0 Å². The van der Waals surface area contributed by atoms with Crippen molar-refractivity contribution in [2.45, 2.75) is 13.2 Å². The van der Waals surface area contributed by atoms with Gasteiger partial charge in [-0.15, -0.1) is 0 Å². The van der Waals surface area contributed by atoms with Gasteiger partial charge in [-0.3, -0.25) is 0 Å². The number of halogens is 1. The molecule has 0 atom stereocenters. The van der Waals surface area contributed by atoms with Crippen LogP contribution in [-0.4, -0.2) is 12.1 Å². The van der Waals surface area contributed by atoms with Crippen LogP contribution < -0.4 is 15.2 Å². The molecule has 2 aromatic rings. The minimum atomic E-state index is 0.394. The van der Waals surface area contributed by atoms with E-state index in [0.29, 0.717) is 19.0 Å². The van der Waals surface area contributed by atoms with Crippen LogP contribution in [0.5, 0.6) is 11.6 Å². The van der Waals surface area contributed by atoms with E-state index in [1.807, 2.05) is 30.3 Å². The molecule has 1 aromatic heterocycles. The molecule has 0 spiro atoms. The molecule has 1 heterocycles. The highest BCUT2D eigenvalue weighted by molar-refractivity contribution is 9.10. The van der Waals surface area contributed by atoms with Crippen LogP contribution in [0.3, 0.4) is 0 Å². The van der Waals surface area contributed by atoms with Gasteiger partial charge in [0.1, 0.15) is 12.4 Å². The van der Waals surface area contributed by atoms with E-state index in [0.717, 1.165) is 21.3 Å². The molecule has 100 valence electrons. The molecular formula is C14H15BrN2O2. The van der Waals surface area contributed by atoms with Gasteiger partial charge in [0.2, 0.25) is 5.88 Å². The van der Waals surface area contributed by atoms with Crippen LogP contribution in [0.25, 0.3) is 0 Å². The van der Waals surface area contributed by atoms with Gasteiger partial charge >= 0.3 is 0 Å². The quantitative estimate of drug-likeness (QED) is 0.919. The van der Waals surface area contributed by atoms with E-state index < -0.39 is 0 Å². The van der Waals surface area contributed by atoms with Crippen molar-refractivity contribution in [3.63, 3.8) is 0 Å². The number of nitrogens with zero attached hydrogens (tertiary/aromatic N) is 1. The number of ether oxygens (including phenoxy) is 2. The lowest BCUT2D eigenvalue weighted by Crippen LogP contribution is -2.04. The highest BCUT2D eigenvalue weighted by Gasteiger charge is 2.07. The fourth-order valence-electron chi connectivity index (χ4n) is 1.72. The SMILES string of the molecule is COc1ncccc1COc1ccc(Br)cc1CN. The summed E-state index contributed by atoms with van der Waals surface area (Å²) in [4.78, 5) is 4.13. The van der Waals surface area contributed by atoms with E-state index >= 15 is 0 Å². The van der Waals surface area contributed by atoms with Crippen LogP contribution in [0.2, 0.25) is 0 Å². The van der Waals surface area contributed by atoms with Crippen molar-refractivity contribution >= 4 is 15.9 Å². The summed E-state index contributed by atoms with van der Waals surface area (Å²) in [5.41, 5.74) is 7.56. The first-order chi connectivity index (χ1) is 9.24. The molecule has 0 radical (unpaired) electrons. The van der Waals surface area contributed by atoms with Crippen molar-refractivity contribution < 1.29 is 9.47 Å². The lowest BCUT2D eigenvalue weighted by molar-refractivity contribution is 0.291. The predicted octanol–water partition coefficient (Wildman–Crippen LogP) is 2.89. The van der Waals surface area contributed by atoms with Gasteiger partial charge in [-0.1, -0.05) is 15.9 Å². The van der Waals surface area contributed by atoms with E-state index in [-0.39, 0.29) is 0 Å². The second-order valence-electron chi connectivity index (χ2n) is 3.92. The Labute approximate surface area is 120 Å². The van der Waals surface area contributed by atoms with Gasteiger partial charge in [-0.2, -0.15) is 0 Å². The standard InChI is InChI=1S/C14H15BrN2O2/c1-18-14-10(3-2-6-17-14)9-19-13-5-4-12(15)7-11(13)8-16/h2-7H,8-9,16H2,1H3. The Morgan fingerprint density at radius 1 is 1.26 bits per heavy atom. The summed E-state index contributed by atoms with van der Waals surface area (Å²) in [5.74, 6) is 1.35. The van der Waals surface area contributed by atoms with Crippen molar-refractivity contribution in [2.75, 3.05) is 7.11 Å². The normalized spacial score (nSPS) is 10.3. The van der Waals surface area contributed by atoms with Crippen LogP contribution in [0.15, 0.2) is 41.0 Å². The molecule has 5 heteroatoms. The van der Waals surface area contributed by atoms with Gasteiger partial charge in [0.05, 0.1) is 12.7 Å². The maximum absolute atomic E-state index is 5.79. The number of benzene rings is 1. The third-order valence-electron chi connectivity index (χ3n) is 2.67. The molecule has 1 aromatic carbocycles. The second-order valence-corrected chi connectivity index (χ2v) is 4.83. The summed E-state index contributed by atoms with van der Waals surface area (Å²) in [6, 6.07) is 9.55. The molecular weight excluding hydrogens is 308 g/mol. The summed E-state index contributed by atoms with van der Waals surface area (Å²) < 4.78 is 12.0. The summed E-state index contributed by atoms with van der Waals surface area (Å²) in [6.07, 6.45) is 1.69. The zero-order valence-electron chi connectivity index (χ0n) is 10.6. The topological polar surface area (TPSA) is 57.4 Å². The van der Waals surface area contributed by atoms with E-state index in [9.17, 15) is 0 Å². The first-order valence-electron chi connectivity index (χ1n) is 5.83. The van der Waals surface area contributed by atoms with Crippen molar-refractivity contribution in [1.82, 2.24) is 4.98 Å². The molecule has 0 fully saturated rings. The molecule has 19 heavy (non-hydrogen) atoms. The zero-order valence-corrected chi connectivity index (χ0v) is 12.2. The molecule has 0 aliphatic rings. The monoisotopic (exact) mass is 322 g/mol. The molecule has 0 unspecified atom stereocenters. The maximum atomic E-state index is 5.79. The third-order valence-corrected chi connectivity index (χ3v) is 3.16.